The van der Waals surface area contributed by atoms with Gasteiger partial charge in [-0.25, -0.2) is 4.39 Å². The van der Waals surface area contributed by atoms with Crippen molar-refractivity contribution in [3.8, 4) is 5.75 Å². The summed E-state index contributed by atoms with van der Waals surface area (Å²) >= 11 is 0. The minimum Gasteiger partial charge on any atom is -0.505 e. The maximum absolute atomic E-state index is 13.7. The first-order valence-electron chi connectivity index (χ1n) is 7.14. The highest BCUT2D eigenvalue weighted by Crippen LogP contribution is 2.35. The molecule has 0 amide bonds. The Kier molecular flexibility index (Phi) is 3.60. The van der Waals surface area contributed by atoms with Crippen molar-refractivity contribution in [1.82, 2.24) is 4.40 Å². The predicted molar refractivity (Wildman–Crippen MR) is 77.4 cm³/mol. The lowest BCUT2D eigenvalue weighted by molar-refractivity contribution is -0.134. The molecule has 2 aromatic heterocycles. The van der Waals surface area contributed by atoms with Gasteiger partial charge in [-0.3, -0.25) is 14.0 Å². The molecule has 1 aliphatic carbocycles. The zero-order chi connectivity index (χ0) is 15.9. The molecule has 0 aliphatic heterocycles. The lowest BCUT2D eigenvalue weighted by atomic mass is 10.0. The number of rotatable bonds is 5. The molecule has 1 atom stereocenters. The lowest BCUT2D eigenvalue weighted by Gasteiger charge is -2.15. The van der Waals surface area contributed by atoms with Gasteiger partial charge in [0.25, 0.3) is 12.0 Å². The van der Waals surface area contributed by atoms with Crippen LogP contribution >= 0.6 is 0 Å². The van der Waals surface area contributed by atoms with Gasteiger partial charge >= 0.3 is 0 Å². The Morgan fingerprint density at radius 2 is 2.23 bits per heavy atom. The molecule has 1 unspecified atom stereocenters. The molecule has 116 valence electrons. The SMILES string of the molecule is Cc1c(O)c(F)cn2c(=O)c(CC(OC=O)C3CC3)ccc12. The molecule has 0 spiro atoms. The average Bonchev–Trinajstić information content (AvgIpc) is 3.32. The Labute approximate surface area is 126 Å². The zero-order valence-corrected chi connectivity index (χ0v) is 12.1. The number of fused-ring (bicyclic) bond motifs is 1. The molecular weight excluding hydrogens is 289 g/mol. The molecule has 3 rings (SSSR count). The number of hydrogen-bond donors (Lipinski definition) is 1. The van der Waals surface area contributed by atoms with Crippen LogP contribution in [0.3, 0.4) is 0 Å². The molecule has 1 aliphatic rings. The molecule has 1 fully saturated rings. The number of halogens is 1. The van der Waals surface area contributed by atoms with Gasteiger partial charge in [-0.05, 0) is 31.7 Å². The highest BCUT2D eigenvalue weighted by Gasteiger charge is 2.33. The number of nitrogens with zero attached hydrogens (tertiary/aromatic N) is 1. The minimum absolute atomic E-state index is 0.295. The van der Waals surface area contributed by atoms with Gasteiger partial charge < -0.3 is 9.84 Å². The van der Waals surface area contributed by atoms with Gasteiger partial charge in [0.2, 0.25) is 0 Å². The molecule has 0 bridgehead atoms. The zero-order valence-electron chi connectivity index (χ0n) is 12.1. The molecule has 0 saturated heterocycles. The Hall–Kier alpha value is -2.37. The minimum atomic E-state index is -0.841. The van der Waals surface area contributed by atoms with E-state index in [1.165, 1.54) is 4.40 Å². The lowest BCUT2D eigenvalue weighted by Crippen LogP contribution is -2.25. The normalized spacial score (nSPS) is 15.7. The Morgan fingerprint density at radius 3 is 2.86 bits per heavy atom. The van der Waals surface area contributed by atoms with Crippen LogP contribution in [0.1, 0.15) is 24.0 Å². The second-order valence-electron chi connectivity index (χ2n) is 5.68. The number of aryl methyl sites for hydroxylation is 1. The highest BCUT2D eigenvalue weighted by atomic mass is 19.1. The van der Waals surface area contributed by atoms with Crippen LogP contribution in [-0.4, -0.2) is 22.1 Å². The third-order valence-corrected chi connectivity index (χ3v) is 4.20. The summed E-state index contributed by atoms with van der Waals surface area (Å²) in [4.78, 5) is 23.1. The van der Waals surface area contributed by atoms with E-state index in [1.807, 2.05) is 0 Å². The fourth-order valence-corrected chi connectivity index (χ4v) is 2.74. The molecule has 2 heterocycles. The fraction of sp³-hybridized carbons (Fsp3) is 0.375. The molecular formula is C16H16FNO4. The first-order chi connectivity index (χ1) is 10.5. The number of aromatic nitrogens is 1. The van der Waals surface area contributed by atoms with E-state index in [0.29, 0.717) is 35.5 Å². The predicted octanol–water partition coefficient (Wildman–Crippen LogP) is 1.95. The molecule has 1 saturated carbocycles. The summed E-state index contributed by atoms with van der Waals surface area (Å²) < 4.78 is 19.9. The Balaban J connectivity index is 2.04. The third-order valence-electron chi connectivity index (χ3n) is 4.20. The number of hydrogen-bond acceptors (Lipinski definition) is 4. The highest BCUT2D eigenvalue weighted by molar-refractivity contribution is 5.59. The van der Waals surface area contributed by atoms with Gasteiger partial charge in [-0.15, -0.1) is 0 Å². The van der Waals surface area contributed by atoms with Crippen molar-refractivity contribution in [2.45, 2.75) is 32.3 Å². The van der Waals surface area contributed by atoms with Gasteiger partial charge in [0.1, 0.15) is 6.10 Å². The molecule has 22 heavy (non-hydrogen) atoms. The maximum Gasteiger partial charge on any atom is 0.293 e. The number of carbonyl (C=O) groups is 1. The van der Waals surface area contributed by atoms with E-state index in [0.717, 1.165) is 19.0 Å². The molecule has 2 aromatic rings. The monoisotopic (exact) mass is 305 g/mol. The molecule has 5 nitrogen and oxygen atoms in total. The van der Waals surface area contributed by atoms with Crippen molar-refractivity contribution in [3.05, 3.63) is 45.6 Å². The van der Waals surface area contributed by atoms with Crippen molar-refractivity contribution in [3.63, 3.8) is 0 Å². The summed E-state index contributed by atoms with van der Waals surface area (Å²) in [5, 5.41) is 9.61. The summed E-state index contributed by atoms with van der Waals surface area (Å²) in [6, 6.07) is 3.31. The molecule has 0 radical (unpaired) electrons. The van der Waals surface area contributed by atoms with Crippen LogP contribution in [0.2, 0.25) is 0 Å². The first-order valence-corrected chi connectivity index (χ1v) is 7.14. The van der Waals surface area contributed by atoms with Gasteiger partial charge in [0, 0.05) is 17.5 Å². The van der Waals surface area contributed by atoms with Crippen molar-refractivity contribution in [1.29, 1.82) is 0 Å². The van der Waals surface area contributed by atoms with E-state index in [1.54, 1.807) is 19.1 Å². The number of aromatic hydroxyl groups is 1. The van der Waals surface area contributed by atoms with Crippen LogP contribution in [0.5, 0.6) is 5.75 Å². The van der Waals surface area contributed by atoms with E-state index < -0.39 is 11.6 Å². The van der Waals surface area contributed by atoms with E-state index in [2.05, 4.69) is 0 Å². The van der Waals surface area contributed by atoms with E-state index in [-0.39, 0.29) is 11.7 Å². The summed E-state index contributed by atoms with van der Waals surface area (Å²) in [6.07, 6.45) is 2.94. The van der Waals surface area contributed by atoms with Crippen LogP contribution in [-0.2, 0) is 16.0 Å². The summed E-state index contributed by atoms with van der Waals surface area (Å²) in [5.41, 5.74) is 0.860. The molecule has 1 N–H and O–H groups in total. The fourth-order valence-electron chi connectivity index (χ4n) is 2.74. The largest absolute Gasteiger partial charge is 0.505 e. The Morgan fingerprint density at radius 1 is 1.50 bits per heavy atom. The van der Waals surface area contributed by atoms with Crippen LogP contribution in [0.15, 0.2) is 23.1 Å². The smallest absolute Gasteiger partial charge is 0.293 e. The quantitative estimate of drug-likeness (QED) is 0.857. The van der Waals surface area contributed by atoms with Crippen molar-refractivity contribution < 1.29 is 19.0 Å². The third kappa shape index (κ3) is 2.45. The van der Waals surface area contributed by atoms with Crippen molar-refractivity contribution in [2.24, 2.45) is 5.92 Å². The van der Waals surface area contributed by atoms with Crippen LogP contribution in [0.25, 0.3) is 5.52 Å². The second-order valence-corrected chi connectivity index (χ2v) is 5.68. The maximum atomic E-state index is 13.7. The second kappa shape index (κ2) is 5.44. The molecule has 6 heteroatoms. The number of ether oxygens (including phenoxy) is 1. The van der Waals surface area contributed by atoms with Crippen LogP contribution < -0.4 is 5.56 Å². The van der Waals surface area contributed by atoms with Gasteiger partial charge in [-0.1, -0.05) is 6.07 Å². The van der Waals surface area contributed by atoms with Crippen LogP contribution in [0.4, 0.5) is 4.39 Å². The van der Waals surface area contributed by atoms with E-state index in [9.17, 15) is 19.1 Å². The number of pyridine rings is 2. The Bertz CT molecular complexity index is 795. The van der Waals surface area contributed by atoms with Crippen molar-refractivity contribution >= 4 is 12.0 Å². The van der Waals surface area contributed by atoms with E-state index >= 15 is 0 Å². The first kappa shape index (κ1) is 14.6. The van der Waals surface area contributed by atoms with Crippen molar-refractivity contribution in [2.75, 3.05) is 0 Å². The number of carbonyl (C=O) groups excluding carboxylic acids is 1. The van der Waals surface area contributed by atoms with Crippen LogP contribution in [0, 0.1) is 18.7 Å². The summed E-state index contributed by atoms with van der Waals surface area (Å²) in [5.74, 6) is -0.997. The van der Waals surface area contributed by atoms with Gasteiger partial charge in [0.05, 0.1) is 11.7 Å². The van der Waals surface area contributed by atoms with Gasteiger partial charge in [-0.2, -0.15) is 0 Å². The standard InChI is InChI=1S/C16H16FNO4/c1-9-13-5-4-11(6-14(22-8-19)10-2-3-10)16(21)18(13)7-12(17)15(9)20/h4-5,7-8,10,14,20H,2-3,6H2,1H3. The topological polar surface area (TPSA) is 68.0 Å². The van der Waals surface area contributed by atoms with Gasteiger partial charge in [0.15, 0.2) is 11.6 Å². The average molecular weight is 305 g/mol. The molecule has 0 aromatic carbocycles. The summed E-state index contributed by atoms with van der Waals surface area (Å²) in [7, 11) is 0. The van der Waals surface area contributed by atoms with E-state index in [4.69, 9.17) is 4.74 Å². The summed E-state index contributed by atoms with van der Waals surface area (Å²) in [6.45, 7) is 1.96.